The third kappa shape index (κ3) is 4.10. The third-order valence-electron chi connectivity index (χ3n) is 5.50. The second-order valence-electron chi connectivity index (χ2n) is 7.95. The van der Waals surface area contributed by atoms with Crippen molar-refractivity contribution in [2.24, 2.45) is 0 Å². The highest BCUT2D eigenvalue weighted by Gasteiger charge is 2.30. The van der Waals surface area contributed by atoms with E-state index in [0.717, 1.165) is 30.5 Å². The highest BCUT2D eigenvalue weighted by atomic mass is 19.1. The van der Waals surface area contributed by atoms with E-state index in [9.17, 15) is 13.6 Å². The summed E-state index contributed by atoms with van der Waals surface area (Å²) in [6.07, 6.45) is 1.53. The number of aromatic nitrogens is 2. The van der Waals surface area contributed by atoms with Crippen LogP contribution >= 0.6 is 0 Å². The van der Waals surface area contributed by atoms with E-state index in [1.54, 1.807) is 4.90 Å². The topological polar surface area (TPSA) is 59.2 Å². The van der Waals surface area contributed by atoms with E-state index in [1.807, 2.05) is 24.3 Å². The van der Waals surface area contributed by atoms with Crippen molar-refractivity contribution in [1.29, 1.82) is 0 Å². The van der Waals surface area contributed by atoms with E-state index in [2.05, 4.69) is 24.0 Å². The molecular weight excluding hydrogens is 388 g/mol. The number of hydrogen-bond acceptors (Lipinski definition) is 4. The van der Waals surface area contributed by atoms with Gasteiger partial charge in [0.15, 0.2) is 0 Å². The summed E-state index contributed by atoms with van der Waals surface area (Å²) in [6.45, 7) is 5.12. The zero-order valence-corrected chi connectivity index (χ0v) is 16.9. The van der Waals surface area contributed by atoms with E-state index in [4.69, 9.17) is 4.52 Å². The van der Waals surface area contributed by atoms with Gasteiger partial charge in [-0.2, -0.15) is 4.98 Å². The summed E-state index contributed by atoms with van der Waals surface area (Å²) in [5.74, 6) is -0.726. The SMILES string of the molecule is CC(C)c1ccc(-c2noc([C@H]3CCCN(C(=O)c4ccc(F)cc4F)C3)n2)cc1. The number of piperidine rings is 1. The van der Waals surface area contributed by atoms with Crippen LogP contribution < -0.4 is 0 Å². The second kappa shape index (κ2) is 8.34. The summed E-state index contributed by atoms with van der Waals surface area (Å²) in [5.41, 5.74) is 1.97. The van der Waals surface area contributed by atoms with Gasteiger partial charge in [-0.3, -0.25) is 4.79 Å². The molecule has 5 nitrogen and oxygen atoms in total. The Morgan fingerprint density at radius 2 is 1.93 bits per heavy atom. The van der Waals surface area contributed by atoms with Gasteiger partial charge in [0.1, 0.15) is 11.6 Å². The molecule has 4 rings (SSSR count). The number of halogens is 2. The van der Waals surface area contributed by atoms with Crippen molar-refractivity contribution >= 4 is 5.91 Å². The smallest absolute Gasteiger partial charge is 0.256 e. The van der Waals surface area contributed by atoms with E-state index >= 15 is 0 Å². The maximum atomic E-state index is 14.0. The lowest BCUT2D eigenvalue weighted by Crippen LogP contribution is -2.39. The average molecular weight is 411 g/mol. The normalized spacial score (nSPS) is 16.8. The highest BCUT2D eigenvalue weighted by Crippen LogP contribution is 2.29. The number of nitrogens with zero attached hydrogens (tertiary/aromatic N) is 3. The number of likely N-dealkylation sites (tertiary alicyclic amines) is 1. The Kier molecular flexibility index (Phi) is 5.61. The molecule has 0 spiro atoms. The summed E-state index contributed by atoms with van der Waals surface area (Å²) in [6, 6.07) is 11.0. The minimum atomic E-state index is -0.855. The van der Waals surface area contributed by atoms with Crippen molar-refractivity contribution < 1.29 is 18.1 Å². The molecule has 0 N–H and O–H groups in total. The van der Waals surface area contributed by atoms with Gasteiger partial charge in [-0.1, -0.05) is 43.3 Å². The zero-order chi connectivity index (χ0) is 21.3. The summed E-state index contributed by atoms with van der Waals surface area (Å²) in [5, 5.41) is 4.10. The van der Waals surface area contributed by atoms with Crippen LogP contribution in [0.3, 0.4) is 0 Å². The quantitative estimate of drug-likeness (QED) is 0.595. The van der Waals surface area contributed by atoms with Crippen molar-refractivity contribution in [2.75, 3.05) is 13.1 Å². The summed E-state index contributed by atoms with van der Waals surface area (Å²) >= 11 is 0. The van der Waals surface area contributed by atoms with Crippen LogP contribution in [0.4, 0.5) is 8.78 Å². The fourth-order valence-corrected chi connectivity index (χ4v) is 3.73. The first-order valence-corrected chi connectivity index (χ1v) is 10.1. The predicted octanol–water partition coefficient (Wildman–Crippen LogP) is 5.16. The maximum absolute atomic E-state index is 14.0. The molecular formula is C23H23F2N3O2. The van der Waals surface area contributed by atoms with Crippen LogP contribution in [0.2, 0.25) is 0 Å². The van der Waals surface area contributed by atoms with Crippen LogP contribution in [-0.4, -0.2) is 34.0 Å². The standard InChI is InChI=1S/C23H23F2N3O2/c1-14(2)15-5-7-16(8-6-15)21-26-22(30-27-21)17-4-3-11-28(13-17)23(29)19-10-9-18(24)12-20(19)25/h5-10,12,14,17H,3-4,11,13H2,1-2H3/t17-/m0/s1. The molecule has 1 amide bonds. The van der Waals surface area contributed by atoms with Gasteiger partial charge >= 0.3 is 0 Å². The van der Waals surface area contributed by atoms with Crippen molar-refractivity contribution in [3.8, 4) is 11.4 Å². The summed E-state index contributed by atoms with van der Waals surface area (Å²) in [4.78, 5) is 18.8. The number of rotatable bonds is 4. The number of hydrogen-bond donors (Lipinski definition) is 0. The monoisotopic (exact) mass is 411 g/mol. The molecule has 1 saturated heterocycles. The Morgan fingerprint density at radius 3 is 2.63 bits per heavy atom. The Bertz CT molecular complexity index is 1050. The van der Waals surface area contributed by atoms with Gasteiger partial charge in [-0.25, -0.2) is 8.78 Å². The lowest BCUT2D eigenvalue weighted by Gasteiger charge is -2.31. The number of carbonyl (C=O) groups is 1. The molecule has 0 radical (unpaired) electrons. The van der Waals surface area contributed by atoms with E-state index in [1.165, 1.54) is 11.6 Å². The molecule has 1 aromatic heterocycles. The van der Waals surface area contributed by atoms with Gasteiger partial charge < -0.3 is 9.42 Å². The Labute approximate surface area is 173 Å². The van der Waals surface area contributed by atoms with Crippen LogP contribution in [0.15, 0.2) is 47.0 Å². The molecule has 2 aromatic carbocycles. The van der Waals surface area contributed by atoms with E-state index < -0.39 is 17.5 Å². The van der Waals surface area contributed by atoms with Crippen LogP contribution in [0.1, 0.15) is 60.3 Å². The first-order valence-electron chi connectivity index (χ1n) is 10.1. The summed E-state index contributed by atoms with van der Waals surface area (Å²) < 4.78 is 32.7. The first kappa shape index (κ1) is 20.2. The van der Waals surface area contributed by atoms with Crippen molar-refractivity contribution in [2.45, 2.75) is 38.5 Å². The van der Waals surface area contributed by atoms with Gasteiger partial charge in [0.2, 0.25) is 11.7 Å². The first-order chi connectivity index (χ1) is 14.4. The van der Waals surface area contributed by atoms with Gasteiger partial charge in [0, 0.05) is 24.7 Å². The molecule has 7 heteroatoms. The second-order valence-corrected chi connectivity index (χ2v) is 7.95. The molecule has 0 aliphatic carbocycles. The predicted molar refractivity (Wildman–Crippen MR) is 108 cm³/mol. The number of benzene rings is 2. The maximum Gasteiger partial charge on any atom is 0.256 e. The molecule has 1 aliphatic heterocycles. The largest absolute Gasteiger partial charge is 0.339 e. The fourth-order valence-electron chi connectivity index (χ4n) is 3.73. The third-order valence-corrected chi connectivity index (χ3v) is 5.50. The molecule has 0 unspecified atom stereocenters. The molecule has 1 fully saturated rings. The van der Waals surface area contributed by atoms with Gasteiger partial charge in [0.25, 0.3) is 5.91 Å². The van der Waals surface area contributed by atoms with Gasteiger partial charge in [-0.15, -0.1) is 0 Å². The Balaban J connectivity index is 1.49. The van der Waals surface area contributed by atoms with Crippen LogP contribution in [0.25, 0.3) is 11.4 Å². The van der Waals surface area contributed by atoms with Gasteiger partial charge in [0.05, 0.1) is 11.5 Å². The fraction of sp³-hybridized carbons (Fsp3) is 0.348. The van der Waals surface area contributed by atoms with Gasteiger partial charge in [-0.05, 0) is 36.5 Å². The lowest BCUT2D eigenvalue weighted by atomic mass is 9.97. The molecule has 30 heavy (non-hydrogen) atoms. The molecule has 1 atom stereocenters. The molecule has 2 heterocycles. The van der Waals surface area contributed by atoms with E-state index in [-0.39, 0.29) is 11.5 Å². The summed E-state index contributed by atoms with van der Waals surface area (Å²) in [7, 11) is 0. The minimum Gasteiger partial charge on any atom is -0.339 e. The molecule has 156 valence electrons. The highest BCUT2D eigenvalue weighted by molar-refractivity contribution is 5.94. The molecule has 0 saturated carbocycles. The molecule has 1 aliphatic rings. The minimum absolute atomic E-state index is 0.123. The van der Waals surface area contributed by atoms with Crippen LogP contribution in [0, 0.1) is 11.6 Å². The van der Waals surface area contributed by atoms with Crippen molar-refractivity contribution in [3.63, 3.8) is 0 Å². The van der Waals surface area contributed by atoms with E-state index in [0.29, 0.717) is 30.7 Å². The lowest BCUT2D eigenvalue weighted by molar-refractivity contribution is 0.0691. The average Bonchev–Trinajstić information content (AvgIpc) is 3.24. The molecule has 0 bridgehead atoms. The zero-order valence-electron chi connectivity index (χ0n) is 16.9. The van der Waals surface area contributed by atoms with Crippen LogP contribution in [-0.2, 0) is 0 Å². The van der Waals surface area contributed by atoms with Crippen molar-refractivity contribution in [3.05, 3.63) is 71.1 Å². The number of carbonyl (C=O) groups excluding carboxylic acids is 1. The van der Waals surface area contributed by atoms with Crippen molar-refractivity contribution in [1.82, 2.24) is 15.0 Å². The molecule has 3 aromatic rings. The van der Waals surface area contributed by atoms with Crippen LogP contribution in [0.5, 0.6) is 0 Å². The number of amides is 1. The Hall–Kier alpha value is -3.09. The Morgan fingerprint density at radius 1 is 1.17 bits per heavy atom.